The van der Waals surface area contributed by atoms with E-state index in [1.165, 1.54) is 16.7 Å². The fourth-order valence-electron chi connectivity index (χ4n) is 4.29. The van der Waals surface area contributed by atoms with Gasteiger partial charge in [-0.25, -0.2) is 23.5 Å². The fraction of sp³-hybridized carbons (Fsp3) is 0.389. The molecule has 0 radical (unpaired) electrons. The third kappa shape index (κ3) is 2.80. The smallest absolute Gasteiger partial charge is 0.271 e. The summed E-state index contributed by atoms with van der Waals surface area (Å²) in [4.78, 5) is 29.1. The predicted octanol–water partition coefficient (Wildman–Crippen LogP) is 0.439. The molecule has 3 aromatic rings. The first-order valence-corrected chi connectivity index (χ1v) is 10.9. The summed E-state index contributed by atoms with van der Waals surface area (Å²) >= 11 is 0. The van der Waals surface area contributed by atoms with Crippen LogP contribution in [0.4, 0.5) is 5.82 Å². The Labute approximate surface area is 167 Å². The SMILES string of the molecule is Cn1c(C(=O)N2CCN(c3ncnc4[nH]ccc34)CC23CC3)ccc1S(N)(=O)=O. The number of aromatic nitrogens is 4. The molecule has 1 spiro atoms. The van der Waals surface area contributed by atoms with E-state index >= 15 is 0 Å². The van der Waals surface area contributed by atoms with E-state index in [0.29, 0.717) is 25.3 Å². The van der Waals surface area contributed by atoms with Gasteiger partial charge < -0.3 is 19.4 Å². The lowest BCUT2D eigenvalue weighted by atomic mass is 10.1. The van der Waals surface area contributed by atoms with E-state index in [1.54, 1.807) is 13.4 Å². The molecule has 11 heteroatoms. The number of fused-ring (bicyclic) bond motifs is 1. The zero-order valence-corrected chi connectivity index (χ0v) is 16.7. The lowest BCUT2D eigenvalue weighted by molar-refractivity contribution is 0.0613. The molecule has 0 bridgehead atoms. The molecule has 5 rings (SSSR count). The fourth-order valence-corrected chi connectivity index (χ4v) is 5.03. The maximum atomic E-state index is 13.3. The number of nitrogens with two attached hydrogens (primary N) is 1. The molecule has 0 aromatic carbocycles. The van der Waals surface area contributed by atoms with Gasteiger partial charge >= 0.3 is 0 Å². The first-order valence-electron chi connectivity index (χ1n) is 9.34. The van der Waals surface area contributed by atoms with Gasteiger partial charge in [0.2, 0.25) is 0 Å². The van der Waals surface area contributed by atoms with Crippen LogP contribution in [0.3, 0.4) is 0 Å². The number of nitrogens with one attached hydrogen (secondary N) is 1. The van der Waals surface area contributed by atoms with Crippen molar-refractivity contribution in [2.24, 2.45) is 12.2 Å². The molecule has 3 N–H and O–H groups in total. The Bertz CT molecular complexity index is 1230. The van der Waals surface area contributed by atoms with Gasteiger partial charge in [0.15, 0.2) is 5.03 Å². The van der Waals surface area contributed by atoms with Gasteiger partial charge in [0.05, 0.1) is 10.9 Å². The molecule has 0 unspecified atom stereocenters. The molecule has 1 saturated carbocycles. The van der Waals surface area contributed by atoms with Crippen LogP contribution in [0.25, 0.3) is 11.0 Å². The van der Waals surface area contributed by atoms with Gasteiger partial charge in [0.1, 0.15) is 23.5 Å². The second-order valence-electron chi connectivity index (χ2n) is 7.70. The first-order chi connectivity index (χ1) is 13.8. The lowest BCUT2D eigenvalue weighted by Gasteiger charge is -2.42. The molecule has 4 heterocycles. The number of sulfonamides is 1. The van der Waals surface area contributed by atoms with Crippen LogP contribution in [-0.4, -0.2) is 63.9 Å². The maximum absolute atomic E-state index is 13.3. The second kappa shape index (κ2) is 6.04. The number of nitrogens with zero attached hydrogens (tertiary/aromatic N) is 5. The zero-order valence-electron chi connectivity index (χ0n) is 15.9. The highest BCUT2D eigenvalue weighted by molar-refractivity contribution is 7.89. The van der Waals surface area contributed by atoms with Crippen LogP contribution >= 0.6 is 0 Å². The lowest BCUT2D eigenvalue weighted by Crippen LogP contribution is -2.57. The molecule has 1 saturated heterocycles. The van der Waals surface area contributed by atoms with Crippen LogP contribution in [-0.2, 0) is 17.1 Å². The molecular formula is C18H21N7O3S. The van der Waals surface area contributed by atoms with Gasteiger partial charge in [-0.2, -0.15) is 0 Å². The number of piperazine rings is 1. The molecule has 2 aliphatic rings. The van der Waals surface area contributed by atoms with Gasteiger partial charge in [-0.3, -0.25) is 4.79 Å². The quantitative estimate of drug-likeness (QED) is 0.638. The molecule has 1 aliphatic carbocycles. The van der Waals surface area contributed by atoms with Crippen LogP contribution in [0.5, 0.6) is 0 Å². The Hall–Kier alpha value is -2.92. The molecule has 3 aromatic heterocycles. The molecule has 2 fully saturated rings. The number of amides is 1. The highest BCUT2D eigenvalue weighted by Gasteiger charge is 2.54. The number of rotatable bonds is 3. The Balaban J connectivity index is 1.43. The minimum absolute atomic E-state index is 0.0693. The highest BCUT2D eigenvalue weighted by Crippen LogP contribution is 2.46. The zero-order chi connectivity index (χ0) is 20.4. The maximum Gasteiger partial charge on any atom is 0.271 e. The molecule has 0 atom stereocenters. The van der Waals surface area contributed by atoms with Crippen molar-refractivity contribution in [3.8, 4) is 0 Å². The third-order valence-electron chi connectivity index (χ3n) is 5.94. The van der Waals surface area contributed by atoms with Crippen molar-refractivity contribution in [2.75, 3.05) is 24.5 Å². The van der Waals surface area contributed by atoms with Crippen molar-refractivity contribution in [1.82, 2.24) is 24.4 Å². The molecule has 29 heavy (non-hydrogen) atoms. The Morgan fingerprint density at radius 1 is 1.21 bits per heavy atom. The van der Waals surface area contributed by atoms with Crippen molar-refractivity contribution in [2.45, 2.75) is 23.4 Å². The Morgan fingerprint density at radius 2 is 2.00 bits per heavy atom. The molecule has 1 aliphatic heterocycles. The molecule has 152 valence electrons. The van der Waals surface area contributed by atoms with Gasteiger partial charge in [0, 0.05) is 32.9 Å². The predicted molar refractivity (Wildman–Crippen MR) is 106 cm³/mol. The van der Waals surface area contributed by atoms with Gasteiger partial charge in [0.25, 0.3) is 15.9 Å². The van der Waals surface area contributed by atoms with Crippen LogP contribution < -0.4 is 10.0 Å². The largest absolute Gasteiger partial charge is 0.352 e. The molecule has 10 nitrogen and oxygen atoms in total. The monoisotopic (exact) mass is 415 g/mol. The normalized spacial score (nSPS) is 18.6. The number of carbonyl (C=O) groups excluding carboxylic acids is 1. The third-order valence-corrected chi connectivity index (χ3v) is 6.94. The summed E-state index contributed by atoms with van der Waals surface area (Å²) in [6.45, 7) is 1.85. The summed E-state index contributed by atoms with van der Waals surface area (Å²) in [5.41, 5.74) is 0.857. The first kappa shape index (κ1) is 18.1. The molecular weight excluding hydrogens is 394 g/mol. The van der Waals surface area contributed by atoms with Crippen LogP contribution in [0.1, 0.15) is 23.3 Å². The summed E-state index contributed by atoms with van der Waals surface area (Å²) in [5.74, 6) is 0.694. The highest BCUT2D eigenvalue weighted by atomic mass is 32.2. The molecule has 1 amide bonds. The van der Waals surface area contributed by atoms with Gasteiger partial charge in [-0.1, -0.05) is 0 Å². The van der Waals surface area contributed by atoms with E-state index in [4.69, 9.17) is 5.14 Å². The minimum atomic E-state index is -3.88. The van der Waals surface area contributed by atoms with Gasteiger partial charge in [-0.15, -0.1) is 0 Å². The summed E-state index contributed by atoms with van der Waals surface area (Å²) < 4.78 is 24.8. The van der Waals surface area contributed by atoms with Crippen LogP contribution in [0.2, 0.25) is 0 Å². The number of hydrogen-bond acceptors (Lipinski definition) is 6. The summed E-state index contributed by atoms with van der Waals surface area (Å²) in [7, 11) is -2.34. The van der Waals surface area contributed by atoms with E-state index in [0.717, 1.165) is 29.7 Å². The summed E-state index contributed by atoms with van der Waals surface area (Å²) in [6.07, 6.45) is 5.20. The topological polar surface area (TPSA) is 130 Å². The number of hydrogen-bond donors (Lipinski definition) is 2. The van der Waals surface area contributed by atoms with Crippen molar-refractivity contribution in [3.05, 3.63) is 36.4 Å². The average Bonchev–Trinajstić information content (AvgIpc) is 3.10. The van der Waals surface area contributed by atoms with Crippen molar-refractivity contribution in [1.29, 1.82) is 0 Å². The van der Waals surface area contributed by atoms with Crippen molar-refractivity contribution < 1.29 is 13.2 Å². The summed E-state index contributed by atoms with van der Waals surface area (Å²) in [5, 5.41) is 6.13. The number of anilines is 1. The van der Waals surface area contributed by atoms with Crippen molar-refractivity contribution >= 4 is 32.8 Å². The van der Waals surface area contributed by atoms with E-state index in [9.17, 15) is 13.2 Å². The van der Waals surface area contributed by atoms with Crippen LogP contribution in [0, 0.1) is 0 Å². The second-order valence-corrected chi connectivity index (χ2v) is 9.21. The van der Waals surface area contributed by atoms with E-state index in [2.05, 4.69) is 19.9 Å². The van der Waals surface area contributed by atoms with E-state index in [-0.39, 0.29) is 16.5 Å². The minimum Gasteiger partial charge on any atom is -0.352 e. The Morgan fingerprint density at radius 3 is 2.69 bits per heavy atom. The Kier molecular flexibility index (Phi) is 3.77. The average molecular weight is 415 g/mol. The van der Waals surface area contributed by atoms with E-state index < -0.39 is 10.0 Å². The number of H-pyrrole nitrogens is 1. The number of aromatic amines is 1. The van der Waals surface area contributed by atoms with Crippen LogP contribution in [0.15, 0.2) is 35.7 Å². The standard InChI is InChI=1S/C18H21N7O3S/c1-23-13(2-3-14(23)29(19,27)28)17(26)25-9-8-24(10-18(25)5-6-18)16-12-4-7-20-15(12)21-11-22-16/h2-4,7,11H,5-6,8-10H2,1H3,(H2,19,27,28)(H,20,21,22). The van der Waals surface area contributed by atoms with Gasteiger partial charge in [-0.05, 0) is 31.0 Å². The number of primary sulfonamides is 1. The van der Waals surface area contributed by atoms with E-state index in [1.807, 2.05) is 17.2 Å². The van der Waals surface area contributed by atoms with Crippen molar-refractivity contribution in [3.63, 3.8) is 0 Å². The number of carbonyl (C=O) groups is 1. The summed E-state index contributed by atoms with van der Waals surface area (Å²) in [6, 6.07) is 4.86.